The number of rotatable bonds is 3. The summed E-state index contributed by atoms with van der Waals surface area (Å²) in [4.78, 5) is 12.6. The predicted molar refractivity (Wildman–Crippen MR) is 74.4 cm³/mol. The van der Waals surface area contributed by atoms with Crippen LogP contribution in [-0.2, 0) is 0 Å². The van der Waals surface area contributed by atoms with Crippen molar-refractivity contribution in [2.24, 2.45) is 0 Å². The fourth-order valence-corrected chi connectivity index (χ4v) is 2.74. The van der Waals surface area contributed by atoms with Crippen molar-refractivity contribution in [1.29, 1.82) is 0 Å². The van der Waals surface area contributed by atoms with Gasteiger partial charge in [-0.2, -0.15) is 0 Å². The number of hydrogen-bond donors (Lipinski definition) is 1. The number of imidazole rings is 1. The van der Waals surface area contributed by atoms with Gasteiger partial charge in [0.2, 0.25) is 5.95 Å². The molecule has 3 rings (SSSR count). The van der Waals surface area contributed by atoms with E-state index in [-0.39, 0.29) is 0 Å². The van der Waals surface area contributed by atoms with Crippen LogP contribution in [0.3, 0.4) is 0 Å². The minimum atomic E-state index is 0.571. The largest absolute Gasteiger partial charge is 0.323 e. The van der Waals surface area contributed by atoms with Crippen molar-refractivity contribution < 1.29 is 0 Å². The van der Waals surface area contributed by atoms with Gasteiger partial charge in [0.05, 0.1) is 23.8 Å². The second-order valence-electron chi connectivity index (χ2n) is 5.16. The van der Waals surface area contributed by atoms with Crippen LogP contribution in [0.1, 0.15) is 43.8 Å². The van der Waals surface area contributed by atoms with Gasteiger partial charge in [0, 0.05) is 12.2 Å². The Bertz CT molecular complexity index is 528. The third-order valence-corrected chi connectivity index (χ3v) is 3.64. The first kappa shape index (κ1) is 12.1. The lowest BCUT2D eigenvalue weighted by molar-refractivity contribution is 0.356. The van der Waals surface area contributed by atoms with E-state index in [1.807, 2.05) is 6.92 Å². The summed E-state index contributed by atoms with van der Waals surface area (Å²) in [6, 6.07) is 0.571. The van der Waals surface area contributed by atoms with E-state index in [1.54, 1.807) is 12.4 Å². The second-order valence-corrected chi connectivity index (χ2v) is 5.16. The van der Waals surface area contributed by atoms with E-state index in [9.17, 15) is 0 Å². The first-order valence-electron chi connectivity index (χ1n) is 6.90. The molecule has 2 aromatic rings. The van der Waals surface area contributed by atoms with Crippen molar-refractivity contribution in [2.45, 2.75) is 45.1 Å². The third kappa shape index (κ3) is 2.75. The van der Waals surface area contributed by atoms with E-state index in [0.717, 1.165) is 17.3 Å². The highest BCUT2D eigenvalue weighted by Gasteiger charge is 2.18. The Balaban J connectivity index is 1.84. The molecule has 2 heterocycles. The summed E-state index contributed by atoms with van der Waals surface area (Å²) in [5.74, 6) is 0.902. The molecule has 1 aliphatic carbocycles. The van der Waals surface area contributed by atoms with Crippen molar-refractivity contribution in [1.82, 2.24) is 19.5 Å². The normalized spacial score (nSPS) is 16.5. The van der Waals surface area contributed by atoms with E-state index in [1.165, 1.54) is 38.4 Å². The number of nitrogens with one attached hydrogen (secondary N) is 1. The van der Waals surface area contributed by atoms with Gasteiger partial charge in [-0.15, -0.1) is 0 Å². The van der Waals surface area contributed by atoms with Crippen LogP contribution < -0.4 is 5.32 Å². The number of aromatic nitrogens is 4. The number of nitrogens with zero attached hydrogens (tertiary/aromatic N) is 4. The summed E-state index contributed by atoms with van der Waals surface area (Å²) in [6.45, 7) is 2.03. The number of aryl methyl sites for hydroxylation is 1. The van der Waals surface area contributed by atoms with Crippen LogP contribution in [0.2, 0.25) is 0 Å². The van der Waals surface area contributed by atoms with Gasteiger partial charge < -0.3 is 9.88 Å². The Kier molecular flexibility index (Phi) is 3.44. The Labute approximate surface area is 113 Å². The lowest BCUT2D eigenvalue weighted by Gasteiger charge is -2.24. The van der Waals surface area contributed by atoms with E-state index in [0.29, 0.717) is 6.04 Å². The highest BCUT2D eigenvalue weighted by molar-refractivity contribution is 5.51. The SMILES string of the molecule is Cc1cn(C2CCCCC2)c(Nc2cncnc2)n1. The lowest BCUT2D eigenvalue weighted by atomic mass is 9.95. The molecule has 0 unspecified atom stereocenters. The monoisotopic (exact) mass is 257 g/mol. The second kappa shape index (κ2) is 5.38. The molecular weight excluding hydrogens is 238 g/mol. The highest BCUT2D eigenvalue weighted by Crippen LogP contribution is 2.31. The van der Waals surface area contributed by atoms with Crippen LogP contribution in [0.4, 0.5) is 11.6 Å². The zero-order valence-corrected chi connectivity index (χ0v) is 11.2. The van der Waals surface area contributed by atoms with Crippen LogP contribution in [0.25, 0.3) is 0 Å². The molecule has 1 aliphatic rings. The average molecular weight is 257 g/mol. The van der Waals surface area contributed by atoms with Crippen molar-refractivity contribution >= 4 is 11.6 Å². The molecule has 19 heavy (non-hydrogen) atoms. The van der Waals surface area contributed by atoms with E-state index in [4.69, 9.17) is 0 Å². The molecule has 1 fully saturated rings. The van der Waals surface area contributed by atoms with Gasteiger partial charge in [0.1, 0.15) is 6.33 Å². The molecule has 5 heteroatoms. The van der Waals surface area contributed by atoms with Gasteiger partial charge in [-0.05, 0) is 19.8 Å². The van der Waals surface area contributed by atoms with Gasteiger partial charge in [0.15, 0.2) is 0 Å². The summed E-state index contributed by atoms with van der Waals surface area (Å²) in [6.07, 6.45) is 13.7. The number of hydrogen-bond acceptors (Lipinski definition) is 4. The van der Waals surface area contributed by atoms with Crippen molar-refractivity contribution in [3.8, 4) is 0 Å². The zero-order valence-electron chi connectivity index (χ0n) is 11.2. The molecule has 0 atom stereocenters. The Hall–Kier alpha value is -1.91. The lowest BCUT2D eigenvalue weighted by Crippen LogP contribution is -2.14. The molecule has 2 aromatic heterocycles. The quantitative estimate of drug-likeness (QED) is 0.917. The molecule has 0 bridgehead atoms. The summed E-state index contributed by atoms with van der Waals surface area (Å²) in [5, 5.41) is 3.32. The summed E-state index contributed by atoms with van der Waals surface area (Å²) < 4.78 is 2.28. The maximum atomic E-state index is 4.58. The van der Waals surface area contributed by atoms with Gasteiger partial charge in [-0.25, -0.2) is 15.0 Å². The van der Waals surface area contributed by atoms with Crippen LogP contribution in [0, 0.1) is 6.92 Å². The van der Waals surface area contributed by atoms with Gasteiger partial charge in [0.25, 0.3) is 0 Å². The molecule has 0 radical (unpaired) electrons. The maximum Gasteiger partial charge on any atom is 0.207 e. The molecule has 0 aliphatic heterocycles. The third-order valence-electron chi connectivity index (χ3n) is 3.64. The number of anilines is 2. The molecular formula is C14H19N5. The molecule has 1 saturated carbocycles. The average Bonchev–Trinajstić information content (AvgIpc) is 2.82. The fourth-order valence-electron chi connectivity index (χ4n) is 2.74. The van der Waals surface area contributed by atoms with Crippen LogP contribution >= 0.6 is 0 Å². The smallest absolute Gasteiger partial charge is 0.207 e. The maximum absolute atomic E-state index is 4.58. The Morgan fingerprint density at radius 3 is 2.63 bits per heavy atom. The van der Waals surface area contributed by atoms with E-state index >= 15 is 0 Å². The molecule has 5 nitrogen and oxygen atoms in total. The molecule has 0 saturated heterocycles. The minimum Gasteiger partial charge on any atom is -0.323 e. The summed E-state index contributed by atoms with van der Waals surface area (Å²) in [5.41, 5.74) is 1.93. The van der Waals surface area contributed by atoms with Gasteiger partial charge >= 0.3 is 0 Å². The Morgan fingerprint density at radius 2 is 1.89 bits per heavy atom. The zero-order chi connectivity index (χ0) is 13.1. The first-order valence-corrected chi connectivity index (χ1v) is 6.90. The highest BCUT2D eigenvalue weighted by atomic mass is 15.2. The summed E-state index contributed by atoms with van der Waals surface area (Å²) >= 11 is 0. The molecule has 0 aromatic carbocycles. The van der Waals surface area contributed by atoms with E-state index < -0.39 is 0 Å². The van der Waals surface area contributed by atoms with Gasteiger partial charge in [-0.1, -0.05) is 19.3 Å². The van der Waals surface area contributed by atoms with Gasteiger partial charge in [-0.3, -0.25) is 0 Å². The molecule has 100 valence electrons. The molecule has 0 amide bonds. The van der Waals surface area contributed by atoms with Crippen LogP contribution in [0.15, 0.2) is 24.9 Å². The van der Waals surface area contributed by atoms with Crippen LogP contribution in [-0.4, -0.2) is 19.5 Å². The topological polar surface area (TPSA) is 55.6 Å². The molecule has 1 N–H and O–H groups in total. The predicted octanol–water partition coefficient (Wildman–Crippen LogP) is 3.23. The molecule has 0 spiro atoms. The van der Waals surface area contributed by atoms with E-state index in [2.05, 4.69) is 31.0 Å². The first-order chi connectivity index (χ1) is 9.33. The summed E-state index contributed by atoms with van der Waals surface area (Å²) in [7, 11) is 0. The van der Waals surface area contributed by atoms with Crippen molar-refractivity contribution in [3.05, 3.63) is 30.6 Å². The standard InChI is InChI=1S/C14H19N5/c1-11-9-19(13-5-3-2-4-6-13)14(17-11)18-12-7-15-10-16-8-12/h7-10,13H,2-6H2,1H3,(H,17,18). The van der Waals surface area contributed by atoms with Crippen molar-refractivity contribution in [2.75, 3.05) is 5.32 Å². The van der Waals surface area contributed by atoms with Crippen molar-refractivity contribution in [3.63, 3.8) is 0 Å². The minimum absolute atomic E-state index is 0.571. The Morgan fingerprint density at radius 1 is 1.16 bits per heavy atom. The van der Waals surface area contributed by atoms with Crippen LogP contribution in [0.5, 0.6) is 0 Å². The fraction of sp³-hybridized carbons (Fsp3) is 0.500.